The predicted octanol–water partition coefficient (Wildman–Crippen LogP) is 4.04. The van der Waals surface area contributed by atoms with Crippen molar-refractivity contribution >= 4 is 29.0 Å². The van der Waals surface area contributed by atoms with Crippen LogP contribution in [0.25, 0.3) is 0 Å². The smallest absolute Gasteiger partial charge is 0.315 e. The SMILES string of the molecule is Cc1ccc(CNC(=O)NCc2cccc(NC(=O)CC(C)C)c2)s1. The molecule has 0 fully saturated rings. The van der Waals surface area contributed by atoms with Crippen LogP contribution in [-0.2, 0) is 17.9 Å². The molecule has 0 unspecified atom stereocenters. The predicted molar refractivity (Wildman–Crippen MR) is 103 cm³/mol. The third-order valence-corrected chi connectivity index (χ3v) is 4.48. The molecular weight excluding hydrogens is 334 g/mol. The van der Waals surface area contributed by atoms with Gasteiger partial charge in [-0.1, -0.05) is 26.0 Å². The number of amides is 3. The molecule has 0 atom stereocenters. The van der Waals surface area contributed by atoms with Crippen molar-refractivity contribution in [3.8, 4) is 0 Å². The molecule has 2 rings (SSSR count). The van der Waals surface area contributed by atoms with Crippen molar-refractivity contribution in [3.63, 3.8) is 0 Å². The average Bonchev–Trinajstić information content (AvgIpc) is 2.96. The molecule has 0 aliphatic rings. The summed E-state index contributed by atoms with van der Waals surface area (Å²) in [6.45, 7) is 6.99. The van der Waals surface area contributed by atoms with E-state index in [9.17, 15) is 9.59 Å². The largest absolute Gasteiger partial charge is 0.334 e. The monoisotopic (exact) mass is 359 g/mol. The van der Waals surface area contributed by atoms with Gasteiger partial charge < -0.3 is 16.0 Å². The molecule has 0 saturated heterocycles. The Labute approximate surface area is 152 Å². The zero-order valence-corrected chi connectivity index (χ0v) is 15.7. The summed E-state index contributed by atoms with van der Waals surface area (Å²) in [7, 11) is 0. The molecule has 134 valence electrons. The first-order chi connectivity index (χ1) is 11.9. The van der Waals surface area contributed by atoms with E-state index in [1.807, 2.05) is 57.2 Å². The normalized spacial score (nSPS) is 10.6. The zero-order chi connectivity index (χ0) is 18.2. The number of rotatable bonds is 7. The third kappa shape index (κ3) is 6.97. The van der Waals surface area contributed by atoms with Crippen LogP contribution in [0, 0.1) is 12.8 Å². The number of aryl methyl sites for hydroxylation is 1. The Morgan fingerprint density at radius 3 is 2.52 bits per heavy atom. The number of nitrogens with one attached hydrogen (secondary N) is 3. The topological polar surface area (TPSA) is 70.2 Å². The van der Waals surface area contributed by atoms with Gasteiger partial charge in [0, 0.05) is 28.4 Å². The second kappa shape index (κ2) is 9.22. The first-order valence-corrected chi connectivity index (χ1v) is 9.20. The van der Waals surface area contributed by atoms with Crippen LogP contribution >= 0.6 is 11.3 Å². The molecular formula is C19H25N3O2S. The Kier molecular flexibility index (Phi) is 7.01. The van der Waals surface area contributed by atoms with Gasteiger partial charge in [-0.05, 0) is 42.7 Å². The van der Waals surface area contributed by atoms with Gasteiger partial charge in [0.2, 0.25) is 5.91 Å². The Morgan fingerprint density at radius 1 is 1.08 bits per heavy atom. The molecule has 1 aromatic heterocycles. The molecule has 3 N–H and O–H groups in total. The Hall–Kier alpha value is -2.34. The van der Waals surface area contributed by atoms with Crippen LogP contribution in [-0.4, -0.2) is 11.9 Å². The van der Waals surface area contributed by atoms with E-state index in [1.54, 1.807) is 11.3 Å². The van der Waals surface area contributed by atoms with E-state index in [-0.39, 0.29) is 11.9 Å². The molecule has 25 heavy (non-hydrogen) atoms. The van der Waals surface area contributed by atoms with Crippen LogP contribution in [0.3, 0.4) is 0 Å². The molecule has 0 aliphatic carbocycles. The molecule has 1 heterocycles. The van der Waals surface area contributed by atoms with Gasteiger partial charge in [-0.3, -0.25) is 4.79 Å². The van der Waals surface area contributed by atoms with Crippen LogP contribution in [0.4, 0.5) is 10.5 Å². The molecule has 0 spiro atoms. The van der Waals surface area contributed by atoms with Crippen molar-refractivity contribution in [1.82, 2.24) is 10.6 Å². The lowest BCUT2D eigenvalue weighted by atomic mass is 10.1. The molecule has 0 saturated carbocycles. The van der Waals surface area contributed by atoms with Gasteiger partial charge in [-0.15, -0.1) is 11.3 Å². The summed E-state index contributed by atoms with van der Waals surface area (Å²) in [5.41, 5.74) is 1.68. The highest BCUT2D eigenvalue weighted by Crippen LogP contribution is 2.14. The van der Waals surface area contributed by atoms with Crippen molar-refractivity contribution in [2.24, 2.45) is 5.92 Å². The van der Waals surface area contributed by atoms with Gasteiger partial charge in [0.15, 0.2) is 0 Å². The van der Waals surface area contributed by atoms with Gasteiger partial charge in [0.25, 0.3) is 0 Å². The van der Waals surface area contributed by atoms with E-state index in [0.29, 0.717) is 25.4 Å². The summed E-state index contributed by atoms with van der Waals surface area (Å²) in [6, 6.07) is 11.4. The molecule has 5 nitrogen and oxygen atoms in total. The number of hydrogen-bond donors (Lipinski definition) is 3. The molecule has 1 aromatic carbocycles. The van der Waals surface area contributed by atoms with E-state index >= 15 is 0 Å². The lowest BCUT2D eigenvalue weighted by Crippen LogP contribution is -2.34. The van der Waals surface area contributed by atoms with E-state index in [1.165, 1.54) is 4.88 Å². The van der Waals surface area contributed by atoms with Crippen LogP contribution in [0.1, 0.15) is 35.6 Å². The summed E-state index contributed by atoms with van der Waals surface area (Å²) in [6.07, 6.45) is 0.493. The molecule has 0 radical (unpaired) electrons. The van der Waals surface area contributed by atoms with Gasteiger partial charge >= 0.3 is 6.03 Å². The number of benzene rings is 1. The lowest BCUT2D eigenvalue weighted by molar-refractivity contribution is -0.116. The Balaban J connectivity index is 1.79. The summed E-state index contributed by atoms with van der Waals surface area (Å²) in [5.74, 6) is 0.324. The van der Waals surface area contributed by atoms with Crippen molar-refractivity contribution < 1.29 is 9.59 Å². The average molecular weight is 359 g/mol. The van der Waals surface area contributed by atoms with E-state index in [0.717, 1.165) is 16.1 Å². The van der Waals surface area contributed by atoms with Gasteiger partial charge in [-0.2, -0.15) is 0 Å². The zero-order valence-electron chi connectivity index (χ0n) is 14.9. The number of anilines is 1. The number of carbonyl (C=O) groups excluding carboxylic acids is 2. The van der Waals surface area contributed by atoms with Crippen molar-refractivity contribution in [2.45, 2.75) is 40.3 Å². The second-order valence-corrected chi connectivity index (χ2v) is 7.77. The maximum atomic E-state index is 11.9. The molecule has 2 aromatic rings. The van der Waals surface area contributed by atoms with Crippen molar-refractivity contribution in [1.29, 1.82) is 0 Å². The van der Waals surface area contributed by atoms with Gasteiger partial charge in [0.1, 0.15) is 0 Å². The highest BCUT2D eigenvalue weighted by molar-refractivity contribution is 7.11. The molecule has 0 bridgehead atoms. The van der Waals surface area contributed by atoms with Crippen LogP contribution in [0.15, 0.2) is 36.4 Å². The van der Waals surface area contributed by atoms with Crippen molar-refractivity contribution in [3.05, 3.63) is 51.7 Å². The fraction of sp³-hybridized carbons (Fsp3) is 0.368. The quantitative estimate of drug-likeness (QED) is 0.698. The van der Waals surface area contributed by atoms with Crippen molar-refractivity contribution in [2.75, 3.05) is 5.32 Å². The second-order valence-electron chi connectivity index (χ2n) is 6.40. The fourth-order valence-electron chi connectivity index (χ4n) is 2.33. The number of carbonyl (C=O) groups is 2. The van der Waals surface area contributed by atoms with Crippen LogP contribution in [0.5, 0.6) is 0 Å². The minimum absolute atomic E-state index is 0.00379. The molecule has 0 aliphatic heterocycles. The minimum atomic E-state index is -0.208. The number of urea groups is 1. The van der Waals surface area contributed by atoms with Gasteiger partial charge in [-0.25, -0.2) is 4.79 Å². The standard InChI is InChI=1S/C19H25N3O2S/c1-13(2)9-18(23)22-16-6-4-5-15(10-16)11-20-19(24)21-12-17-8-7-14(3)25-17/h4-8,10,13H,9,11-12H2,1-3H3,(H,22,23)(H2,20,21,24). The van der Waals surface area contributed by atoms with Crippen LogP contribution < -0.4 is 16.0 Å². The van der Waals surface area contributed by atoms with Crippen LogP contribution in [0.2, 0.25) is 0 Å². The summed E-state index contributed by atoms with van der Waals surface area (Å²) < 4.78 is 0. The minimum Gasteiger partial charge on any atom is -0.334 e. The lowest BCUT2D eigenvalue weighted by Gasteiger charge is -2.10. The summed E-state index contributed by atoms with van der Waals surface area (Å²) >= 11 is 1.67. The molecule has 3 amide bonds. The Bertz CT molecular complexity index is 725. The highest BCUT2D eigenvalue weighted by Gasteiger charge is 2.06. The highest BCUT2D eigenvalue weighted by atomic mass is 32.1. The maximum absolute atomic E-state index is 11.9. The Morgan fingerprint density at radius 2 is 1.84 bits per heavy atom. The number of hydrogen-bond acceptors (Lipinski definition) is 3. The van der Waals surface area contributed by atoms with E-state index in [4.69, 9.17) is 0 Å². The van der Waals surface area contributed by atoms with E-state index < -0.39 is 0 Å². The molecule has 6 heteroatoms. The van der Waals surface area contributed by atoms with E-state index in [2.05, 4.69) is 16.0 Å². The first kappa shape index (κ1) is 19.0. The summed E-state index contributed by atoms with van der Waals surface area (Å²) in [5, 5.41) is 8.56. The first-order valence-electron chi connectivity index (χ1n) is 8.38. The number of thiophene rings is 1. The third-order valence-electron chi connectivity index (χ3n) is 3.48. The maximum Gasteiger partial charge on any atom is 0.315 e. The summed E-state index contributed by atoms with van der Waals surface area (Å²) in [4.78, 5) is 26.1. The fourth-order valence-corrected chi connectivity index (χ4v) is 3.16. The van der Waals surface area contributed by atoms with Gasteiger partial charge in [0.05, 0.1) is 6.54 Å².